The second-order valence-corrected chi connectivity index (χ2v) is 6.74. The zero-order valence-corrected chi connectivity index (χ0v) is 17.7. The van der Waals surface area contributed by atoms with Crippen molar-refractivity contribution < 1.29 is 52.4 Å². The summed E-state index contributed by atoms with van der Waals surface area (Å²) in [5.41, 5.74) is 0. The van der Waals surface area contributed by atoms with Crippen molar-refractivity contribution in [1.82, 2.24) is 0 Å². The summed E-state index contributed by atoms with van der Waals surface area (Å²) in [6.45, 7) is 5.79. The van der Waals surface area contributed by atoms with E-state index in [1.165, 1.54) is 13.8 Å². The van der Waals surface area contributed by atoms with Gasteiger partial charge in [-0.05, 0) is 13.3 Å². The molecule has 0 aromatic carbocycles. The Bertz CT molecular complexity index is 644. The van der Waals surface area contributed by atoms with Gasteiger partial charge in [0.2, 0.25) is 0 Å². The van der Waals surface area contributed by atoms with E-state index in [0.717, 1.165) is 20.8 Å². The molecule has 0 saturated carbocycles. The maximum Gasteiger partial charge on any atom is 0.303 e. The molecule has 0 amide bonds. The highest BCUT2D eigenvalue weighted by molar-refractivity contribution is 5.75. The van der Waals surface area contributed by atoms with Crippen LogP contribution >= 0.6 is 0 Å². The summed E-state index contributed by atoms with van der Waals surface area (Å²) in [7, 11) is 0. The quantitative estimate of drug-likeness (QED) is 0.270. The Morgan fingerprint density at radius 2 is 1.27 bits per heavy atom. The van der Waals surface area contributed by atoms with Crippen LogP contribution in [0.5, 0.6) is 0 Å². The molecule has 1 saturated heterocycles. The van der Waals surface area contributed by atoms with Gasteiger partial charge in [-0.2, -0.15) is 0 Å². The summed E-state index contributed by atoms with van der Waals surface area (Å²) in [5.74, 6) is -2.78. The molecule has 0 spiro atoms. The van der Waals surface area contributed by atoms with Gasteiger partial charge in [0, 0.05) is 34.1 Å². The minimum absolute atomic E-state index is 0.0276. The monoisotopic (exact) mass is 432 g/mol. The third kappa shape index (κ3) is 8.87. The van der Waals surface area contributed by atoms with Gasteiger partial charge in [0.15, 0.2) is 24.6 Å². The van der Waals surface area contributed by atoms with Crippen LogP contribution in [0.1, 0.15) is 47.5 Å². The van der Waals surface area contributed by atoms with E-state index < -0.39 is 54.6 Å². The lowest BCUT2D eigenvalue weighted by Gasteiger charge is -2.44. The maximum atomic E-state index is 11.7. The maximum absolute atomic E-state index is 11.7. The number of ketones is 1. The molecule has 170 valence electrons. The summed E-state index contributed by atoms with van der Waals surface area (Å²) in [6, 6.07) is 0. The minimum Gasteiger partial charge on any atom is -0.463 e. The first-order valence-electron chi connectivity index (χ1n) is 9.42. The summed E-state index contributed by atoms with van der Waals surface area (Å²) in [4.78, 5) is 57.3. The van der Waals surface area contributed by atoms with Crippen molar-refractivity contribution in [2.24, 2.45) is 0 Å². The van der Waals surface area contributed by atoms with Crippen molar-refractivity contribution in [2.45, 2.75) is 78.2 Å². The molecule has 0 unspecified atom stereocenters. The Morgan fingerprint density at radius 3 is 1.77 bits per heavy atom. The lowest BCUT2D eigenvalue weighted by molar-refractivity contribution is -0.308. The standard InChI is InChI=1S/C19H28O11/c1-10(20)7-6-8-25-19-18(29-14(5)24)17(28-13(4)23)16(27-12(3)22)15(30-19)9-26-11(2)21/h15-19H,6-9H2,1-5H3/t15-,16+,17+,18-,19-/m1/s1. The van der Waals surface area contributed by atoms with Crippen LogP contribution in [0.25, 0.3) is 0 Å². The molecule has 0 aliphatic carbocycles. The highest BCUT2D eigenvalue weighted by atomic mass is 16.7. The fourth-order valence-electron chi connectivity index (χ4n) is 2.84. The Balaban J connectivity index is 3.17. The van der Waals surface area contributed by atoms with E-state index in [4.69, 9.17) is 28.4 Å². The predicted octanol–water partition coefficient (Wildman–Crippen LogP) is 0.455. The molecule has 30 heavy (non-hydrogen) atoms. The lowest BCUT2D eigenvalue weighted by atomic mass is 9.98. The molecule has 11 nitrogen and oxygen atoms in total. The van der Waals surface area contributed by atoms with Gasteiger partial charge >= 0.3 is 23.9 Å². The Morgan fingerprint density at radius 1 is 0.733 bits per heavy atom. The topological polar surface area (TPSA) is 141 Å². The van der Waals surface area contributed by atoms with Crippen molar-refractivity contribution in [3.05, 3.63) is 0 Å². The number of ether oxygens (including phenoxy) is 6. The van der Waals surface area contributed by atoms with Gasteiger partial charge in [0.1, 0.15) is 18.5 Å². The van der Waals surface area contributed by atoms with Crippen LogP contribution < -0.4 is 0 Å². The third-order valence-corrected chi connectivity index (χ3v) is 3.90. The fraction of sp³-hybridized carbons (Fsp3) is 0.737. The van der Waals surface area contributed by atoms with Gasteiger partial charge in [0.25, 0.3) is 0 Å². The molecule has 0 bridgehead atoms. The zero-order chi connectivity index (χ0) is 22.8. The number of carbonyl (C=O) groups excluding carboxylic acids is 5. The Kier molecular flexibility index (Phi) is 10.4. The van der Waals surface area contributed by atoms with Gasteiger partial charge in [0.05, 0.1) is 6.61 Å². The molecule has 0 aromatic heterocycles. The largest absolute Gasteiger partial charge is 0.463 e. The van der Waals surface area contributed by atoms with E-state index in [2.05, 4.69) is 0 Å². The highest BCUT2D eigenvalue weighted by Crippen LogP contribution is 2.30. The van der Waals surface area contributed by atoms with Gasteiger partial charge in [-0.15, -0.1) is 0 Å². The van der Waals surface area contributed by atoms with E-state index in [-0.39, 0.29) is 25.4 Å². The van der Waals surface area contributed by atoms with E-state index in [9.17, 15) is 24.0 Å². The van der Waals surface area contributed by atoms with E-state index in [1.807, 2.05) is 0 Å². The van der Waals surface area contributed by atoms with Crippen LogP contribution in [0.15, 0.2) is 0 Å². The van der Waals surface area contributed by atoms with E-state index in [1.54, 1.807) is 0 Å². The Labute approximate surface area is 174 Å². The lowest BCUT2D eigenvalue weighted by Crippen LogP contribution is -2.63. The van der Waals surface area contributed by atoms with Crippen molar-refractivity contribution in [1.29, 1.82) is 0 Å². The summed E-state index contributed by atoms with van der Waals surface area (Å²) in [6.07, 6.45) is -5.41. The van der Waals surface area contributed by atoms with Crippen LogP contribution in [-0.2, 0) is 52.4 Å². The van der Waals surface area contributed by atoms with E-state index >= 15 is 0 Å². The molecule has 0 radical (unpaired) electrons. The molecule has 0 aromatic rings. The van der Waals surface area contributed by atoms with Crippen molar-refractivity contribution in [2.75, 3.05) is 13.2 Å². The summed E-state index contributed by atoms with van der Waals surface area (Å²) in [5, 5.41) is 0. The number of rotatable bonds is 10. The Hall–Kier alpha value is -2.53. The number of hydrogen-bond donors (Lipinski definition) is 0. The first-order valence-corrected chi connectivity index (χ1v) is 9.42. The minimum atomic E-state index is -1.28. The fourth-order valence-corrected chi connectivity index (χ4v) is 2.84. The molecule has 1 rings (SSSR count). The van der Waals surface area contributed by atoms with Crippen molar-refractivity contribution in [3.63, 3.8) is 0 Å². The van der Waals surface area contributed by atoms with Gasteiger partial charge in [-0.25, -0.2) is 0 Å². The average molecular weight is 432 g/mol. The van der Waals surface area contributed by atoms with Gasteiger partial charge < -0.3 is 33.2 Å². The van der Waals surface area contributed by atoms with Crippen LogP contribution in [0.2, 0.25) is 0 Å². The second-order valence-electron chi connectivity index (χ2n) is 6.74. The number of Topliss-reactive ketones (excluding diaryl/α,β-unsaturated/α-hetero) is 1. The molecule has 1 heterocycles. The molecule has 0 N–H and O–H groups in total. The molecular weight excluding hydrogens is 404 g/mol. The first-order chi connectivity index (χ1) is 14.0. The van der Waals surface area contributed by atoms with Crippen molar-refractivity contribution >= 4 is 29.7 Å². The number of carbonyl (C=O) groups is 5. The molecule has 1 aliphatic rings. The second kappa shape index (κ2) is 12.2. The van der Waals surface area contributed by atoms with Gasteiger partial charge in [-0.1, -0.05) is 0 Å². The molecule has 11 heteroatoms. The SMILES string of the molecule is CC(=O)CCCO[C@@H]1O[C@H](COC(C)=O)[C@H](OC(C)=O)[C@H](OC(C)=O)[C@H]1OC(C)=O. The van der Waals surface area contributed by atoms with Gasteiger partial charge in [-0.3, -0.25) is 19.2 Å². The number of hydrogen-bond acceptors (Lipinski definition) is 11. The molecule has 1 aliphatic heterocycles. The van der Waals surface area contributed by atoms with Crippen LogP contribution in [-0.4, -0.2) is 73.6 Å². The summed E-state index contributed by atoms with van der Waals surface area (Å²) < 4.78 is 32.1. The summed E-state index contributed by atoms with van der Waals surface area (Å²) >= 11 is 0. The first kappa shape index (κ1) is 25.5. The van der Waals surface area contributed by atoms with Crippen LogP contribution in [0.4, 0.5) is 0 Å². The average Bonchev–Trinajstić information content (AvgIpc) is 2.60. The zero-order valence-electron chi connectivity index (χ0n) is 17.7. The van der Waals surface area contributed by atoms with Crippen LogP contribution in [0.3, 0.4) is 0 Å². The molecule has 5 atom stereocenters. The molecule has 1 fully saturated rings. The highest BCUT2D eigenvalue weighted by Gasteiger charge is 2.52. The third-order valence-electron chi connectivity index (χ3n) is 3.90. The smallest absolute Gasteiger partial charge is 0.303 e. The van der Waals surface area contributed by atoms with Crippen LogP contribution in [0, 0.1) is 0 Å². The van der Waals surface area contributed by atoms with Crippen molar-refractivity contribution in [3.8, 4) is 0 Å². The predicted molar refractivity (Wildman–Crippen MR) is 97.8 cm³/mol. The molecular formula is C19H28O11. The van der Waals surface area contributed by atoms with E-state index in [0.29, 0.717) is 6.42 Å². The number of esters is 4. The normalized spacial score (nSPS) is 25.7.